The third kappa shape index (κ3) is 5.37. The Bertz CT molecular complexity index is 614. The van der Waals surface area contributed by atoms with Crippen LogP contribution in [-0.2, 0) is 6.42 Å². The van der Waals surface area contributed by atoms with Gasteiger partial charge in [-0.3, -0.25) is 0 Å². The smallest absolute Gasteiger partial charge is 0.247 e. The first-order valence-electron chi connectivity index (χ1n) is 8.58. The number of ether oxygens (including phenoxy) is 1. The average molecular weight is 329 g/mol. The van der Waals surface area contributed by atoms with E-state index >= 15 is 0 Å². The maximum Gasteiger partial charge on any atom is 0.247 e. The normalized spacial score (nSPS) is 10.5. The summed E-state index contributed by atoms with van der Waals surface area (Å²) in [5.41, 5.74) is 1.22. The van der Waals surface area contributed by atoms with Gasteiger partial charge in [-0.1, -0.05) is 26.0 Å². The Balaban J connectivity index is 1.93. The van der Waals surface area contributed by atoms with E-state index in [-0.39, 0.29) is 0 Å². The van der Waals surface area contributed by atoms with E-state index in [0.29, 0.717) is 5.95 Å². The van der Waals surface area contributed by atoms with E-state index < -0.39 is 0 Å². The quantitative estimate of drug-likeness (QED) is 0.722. The van der Waals surface area contributed by atoms with Gasteiger partial charge in [-0.25, -0.2) is 0 Å². The summed E-state index contributed by atoms with van der Waals surface area (Å²) in [4.78, 5) is 6.77. The Morgan fingerprint density at radius 2 is 1.96 bits per heavy atom. The lowest BCUT2D eigenvalue weighted by atomic mass is 10.1. The number of rotatable bonds is 10. The first-order chi connectivity index (χ1) is 11.8. The Labute approximate surface area is 144 Å². The standard InChI is InChI=1S/C18H27N5O/c1-4-11-23(12-5-2)18-21-17(14-20-22-18)19-10-9-15-7-6-8-16(13-15)24-3/h6-8,13-14H,4-5,9-12H2,1-3H3,(H,19,21,22). The highest BCUT2D eigenvalue weighted by molar-refractivity contribution is 5.39. The first-order valence-corrected chi connectivity index (χ1v) is 8.58. The molecule has 1 aromatic carbocycles. The number of hydrogen-bond donors (Lipinski definition) is 1. The third-order valence-corrected chi connectivity index (χ3v) is 3.67. The van der Waals surface area contributed by atoms with Crippen molar-refractivity contribution in [2.24, 2.45) is 0 Å². The lowest BCUT2D eigenvalue weighted by Gasteiger charge is -2.21. The molecule has 0 saturated carbocycles. The SMILES string of the molecule is CCCN(CCC)c1nncc(NCCc2cccc(OC)c2)n1. The molecule has 0 bridgehead atoms. The average Bonchev–Trinajstić information content (AvgIpc) is 2.62. The fourth-order valence-electron chi connectivity index (χ4n) is 2.53. The zero-order valence-electron chi connectivity index (χ0n) is 14.8. The summed E-state index contributed by atoms with van der Waals surface area (Å²) in [5.74, 6) is 2.35. The number of methoxy groups -OCH3 is 1. The first kappa shape index (κ1) is 18.0. The molecule has 2 aromatic rings. The minimum absolute atomic E-state index is 0.699. The maximum atomic E-state index is 5.25. The zero-order valence-corrected chi connectivity index (χ0v) is 14.8. The molecule has 2 rings (SSSR count). The van der Waals surface area contributed by atoms with Gasteiger partial charge in [-0.05, 0) is 37.0 Å². The van der Waals surface area contributed by atoms with E-state index in [1.54, 1.807) is 13.3 Å². The Kier molecular flexibility index (Phi) is 7.26. The number of nitrogens with zero attached hydrogens (tertiary/aromatic N) is 4. The van der Waals surface area contributed by atoms with Crippen LogP contribution in [0.15, 0.2) is 30.5 Å². The number of nitrogens with one attached hydrogen (secondary N) is 1. The van der Waals surface area contributed by atoms with Gasteiger partial charge in [0.05, 0.1) is 13.3 Å². The van der Waals surface area contributed by atoms with E-state index in [1.807, 2.05) is 12.1 Å². The van der Waals surface area contributed by atoms with Gasteiger partial charge < -0.3 is 15.0 Å². The van der Waals surface area contributed by atoms with Crippen molar-refractivity contribution < 1.29 is 4.74 Å². The molecule has 130 valence electrons. The monoisotopic (exact) mass is 329 g/mol. The van der Waals surface area contributed by atoms with Crippen molar-refractivity contribution in [1.82, 2.24) is 15.2 Å². The van der Waals surface area contributed by atoms with Gasteiger partial charge in [0.15, 0.2) is 5.82 Å². The molecule has 0 aliphatic carbocycles. The summed E-state index contributed by atoms with van der Waals surface area (Å²) in [5, 5.41) is 11.6. The summed E-state index contributed by atoms with van der Waals surface area (Å²) in [6.45, 7) is 7.00. The highest BCUT2D eigenvalue weighted by Gasteiger charge is 2.09. The van der Waals surface area contributed by atoms with Gasteiger partial charge in [0.1, 0.15) is 5.75 Å². The molecule has 0 amide bonds. The van der Waals surface area contributed by atoms with Crippen molar-refractivity contribution in [3.05, 3.63) is 36.0 Å². The van der Waals surface area contributed by atoms with Crippen LogP contribution < -0.4 is 15.0 Å². The molecule has 0 radical (unpaired) electrons. The third-order valence-electron chi connectivity index (χ3n) is 3.67. The van der Waals surface area contributed by atoms with Crippen LogP contribution in [0.2, 0.25) is 0 Å². The van der Waals surface area contributed by atoms with Crippen molar-refractivity contribution in [3.8, 4) is 5.75 Å². The van der Waals surface area contributed by atoms with Crippen LogP contribution in [0.25, 0.3) is 0 Å². The minimum Gasteiger partial charge on any atom is -0.497 e. The number of aromatic nitrogens is 3. The van der Waals surface area contributed by atoms with Crippen LogP contribution in [-0.4, -0.2) is 41.9 Å². The predicted molar refractivity (Wildman–Crippen MR) is 97.8 cm³/mol. The van der Waals surface area contributed by atoms with Crippen LogP contribution in [0, 0.1) is 0 Å². The molecule has 0 atom stereocenters. The van der Waals surface area contributed by atoms with Gasteiger partial charge in [-0.15, -0.1) is 5.10 Å². The van der Waals surface area contributed by atoms with Crippen LogP contribution in [0.4, 0.5) is 11.8 Å². The minimum atomic E-state index is 0.699. The van der Waals surface area contributed by atoms with E-state index in [1.165, 1.54) is 5.56 Å². The van der Waals surface area contributed by atoms with Crippen molar-refractivity contribution in [2.45, 2.75) is 33.1 Å². The fraction of sp³-hybridized carbons (Fsp3) is 0.500. The highest BCUT2D eigenvalue weighted by atomic mass is 16.5. The van der Waals surface area contributed by atoms with Crippen molar-refractivity contribution in [1.29, 1.82) is 0 Å². The highest BCUT2D eigenvalue weighted by Crippen LogP contribution is 2.14. The molecule has 1 N–H and O–H groups in total. The van der Waals surface area contributed by atoms with E-state index in [9.17, 15) is 0 Å². The molecule has 0 aliphatic heterocycles. The Hall–Kier alpha value is -2.37. The zero-order chi connectivity index (χ0) is 17.2. The molecule has 0 fully saturated rings. The van der Waals surface area contributed by atoms with Crippen LogP contribution in [0.3, 0.4) is 0 Å². The molecule has 6 nitrogen and oxygen atoms in total. The van der Waals surface area contributed by atoms with Crippen LogP contribution >= 0.6 is 0 Å². The Morgan fingerprint density at radius 1 is 1.17 bits per heavy atom. The number of hydrogen-bond acceptors (Lipinski definition) is 6. The molecule has 0 spiro atoms. The molecule has 0 aliphatic rings. The van der Waals surface area contributed by atoms with E-state index in [0.717, 1.165) is 50.5 Å². The maximum absolute atomic E-state index is 5.25. The molecule has 1 heterocycles. The Morgan fingerprint density at radius 3 is 2.67 bits per heavy atom. The van der Waals surface area contributed by atoms with Crippen LogP contribution in [0.1, 0.15) is 32.3 Å². The van der Waals surface area contributed by atoms with E-state index in [2.05, 4.69) is 51.4 Å². The number of anilines is 2. The molecular formula is C18H27N5O. The largest absolute Gasteiger partial charge is 0.497 e. The summed E-state index contributed by atoms with van der Waals surface area (Å²) < 4.78 is 5.25. The van der Waals surface area contributed by atoms with Gasteiger partial charge in [0.2, 0.25) is 5.95 Å². The lowest BCUT2D eigenvalue weighted by molar-refractivity contribution is 0.414. The molecule has 0 unspecified atom stereocenters. The summed E-state index contributed by atoms with van der Waals surface area (Å²) in [6.07, 6.45) is 4.70. The molecular weight excluding hydrogens is 302 g/mol. The second-order valence-electron chi connectivity index (χ2n) is 5.66. The molecule has 1 aromatic heterocycles. The summed E-state index contributed by atoms with van der Waals surface area (Å²) in [6, 6.07) is 8.10. The van der Waals surface area contributed by atoms with Gasteiger partial charge in [0, 0.05) is 19.6 Å². The van der Waals surface area contributed by atoms with Crippen molar-refractivity contribution in [3.63, 3.8) is 0 Å². The van der Waals surface area contributed by atoms with Gasteiger partial charge >= 0.3 is 0 Å². The van der Waals surface area contributed by atoms with Crippen molar-refractivity contribution in [2.75, 3.05) is 37.0 Å². The predicted octanol–water partition coefficient (Wildman–Crippen LogP) is 3.16. The summed E-state index contributed by atoms with van der Waals surface area (Å²) >= 11 is 0. The van der Waals surface area contributed by atoms with Crippen molar-refractivity contribution >= 4 is 11.8 Å². The summed E-state index contributed by atoms with van der Waals surface area (Å²) in [7, 11) is 1.68. The van der Waals surface area contributed by atoms with Gasteiger partial charge in [-0.2, -0.15) is 10.1 Å². The second kappa shape index (κ2) is 9.70. The molecule has 0 saturated heterocycles. The fourth-order valence-corrected chi connectivity index (χ4v) is 2.53. The van der Waals surface area contributed by atoms with Crippen LogP contribution in [0.5, 0.6) is 5.75 Å². The lowest BCUT2D eigenvalue weighted by Crippen LogP contribution is -2.27. The molecule has 24 heavy (non-hydrogen) atoms. The topological polar surface area (TPSA) is 63.2 Å². The van der Waals surface area contributed by atoms with E-state index in [4.69, 9.17) is 4.74 Å². The number of benzene rings is 1. The second-order valence-corrected chi connectivity index (χ2v) is 5.66. The molecule has 6 heteroatoms. The van der Waals surface area contributed by atoms with Gasteiger partial charge in [0.25, 0.3) is 0 Å².